The van der Waals surface area contributed by atoms with Crippen LogP contribution in [0.25, 0.3) is 0 Å². The van der Waals surface area contributed by atoms with Gasteiger partial charge in [-0.15, -0.1) is 11.3 Å². The lowest BCUT2D eigenvalue weighted by atomic mass is 10.6. The summed E-state index contributed by atoms with van der Waals surface area (Å²) in [6, 6.07) is 3.61. The Labute approximate surface area is 61.5 Å². The molecule has 0 spiro atoms. The molecule has 1 amide bonds. The Bertz CT molecular complexity index is 209. The summed E-state index contributed by atoms with van der Waals surface area (Å²) in [5.74, 6) is 0. The van der Waals surface area contributed by atoms with Crippen LogP contribution in [0.1, 0.15) is 0 Å². The normalized spacial score (nSPS) is 8.80. The predicted molar refractivity (Wildman–Crippen MR) is 39.1 cm³/mol. The number of thiophene rings is 1. The van der Waals surface area contributed by atoms with Crippen molar-refractivity contribution in [1.82, 2.24) is 5.43 Å². The first-order chi connectivity index (χ1) is 4.79. The fraction of sp³-hybridized carbons (Fsp3) is 0. The maximum atomic E-state index is 9.93. The Morgan fingerprint density at radius 1 is 1.70 bits per heavy atom. The molecule has 1 aromatic rings. The lowest BCUT2D eigenvalue weighted by molar-refractivity contribution is 0.197. The van der Waals surface area contributed by atoms with E-state index in [1.165, 1.54) is 11.3 Å². The van der Waals surface area contributed by atoms with Gasteiger partial charge in [0.1, 0.15) is 5.00 Å². The van der Waals surface area contributed by atoms with Crippen LogP contribution in [0.3, 0.4) is 0 Å². The number of nitrogens with one attached hydrogen (secondary N) is 2. The van der Waals surface area contributed by atoms with E-state index in [1.807, 2.05) is 16.9 Å². The largest absolute Gasteiger partial charge is 0.464 e. The molecule has 0 saturated carbocycles. The van der Waals surface area contributed by atoms with Crippen molar-refractivity contribution >= 4 is 22.4 Å². The van der Waals surface area contributed by atoms with Crippen molar-refractivity contribution in [1.29, 1.82) is 0 Å². The molecule has 0 aliphatic rings. The Hall–Kier alpha value is -1.23. The third-order valence-electron chi connectivity index (χ3n) is 0.814. The second kappa shape index (κ2) is 3.07. The minimum Gasteiger partial charge on any atom is -0.464 e. The summed E-state index contributed by atoms with van der Waals surface area (Å²) in [5.41, 5.74) is 4.52. The molecule has 10 heavy (non-hydrogen) atoms. The Morgan fingerprint density at radius 2 is 2.50 bits per heavy atom. The van der Waals surface area contributed by atoms with E-state index in [0.29, 0.717) is 0 Å². The van der Waals surface area contributed by atoms with Crippen molar-refractivity contribution in [2.75, 3.05) is 5.43 Å². The predicted octanol–water partition coefficient (Wildman–Crippen LogP) is 1.34. The zero-order valence-electron chi connectivity index (χ0n) is 5.00. The monoisotopic (exact) mass is 158 g/mol. The molecule has 0 aromatic carbocycles. The van der Waals surface area contributed by atoms with E-state index in [-0.39, 0.29) is 0 Å². The number of anilines is 1. The van der Waals surface area contributed by atoms with Gasteiger partial charge in [0.05, 0.1) is 0 Å². The molecule has 0 atom stereocenters. The van der Waals surface area contributed by atoms with Crippen LogP contribution < -0.4 is 10.9 Å². The summed E-state index contributed by atoms with van der Waals surface area (Å²) in [7, 11) is 0. The quantitative estimate of drug-likeness (QED) is 0.569. The van der Waals surface area contributed by atoms with Crippen LogP contribution in [-0.2, 0) is 0 Å². The van der Waals surface area contributed by atoms with E-state index in [2.05, 4.69) is 5.43 Å². The number of amides is 1. The maximum Gasteiger partial charge on any atom is 0.423 e. The molecule has 0 unspecified atom stereocenters. The lowest BCUT2D eigenvalue weighted by Gasteiger charge is -1.99. The Balaban J connectivity index is 2.35. The summed E-state index contributed by atoms with van der Waals surface area (Å²) in [6.45, 7) is 0. The van der Waals surface area contributed by atoms with Crippen LogP contribution in [-0.4, -0.2) is 11.2 Å². The maximum absolute atomic E-state index is 9.93. The molecular formula is C5H6N2O2S. The molecule has 1 heterocycles. The SMILES string of the molecule is O=C(O)NNc1cccs1. The number of carbonyl (C=O) groups is 1. The molecule has 0 saturated heterocycles. The molecule has 0 fully saturated rings. The number of rotatable bonds is 2. The van der Waals surface area contributed by atoms with Crippen molar-refractivity contribution < 1.29 is 9.90 Å². The van der Waals surface area contributed by atoms with Gasteiger partial charge in [0.25, 0.3) is 0 Å². The zero-order valence-corrected chi connectivity index (χ0v) is 5.81. The van der Waals surface area contributed by atoms with Crippen molar-refractivity contribution in [3.63, 3.8) is 0 Å². The number of carboxylic acid groups (broad SMARTS) is 1. The van der Waals surface area contributed by atoms with Crippen LogP contribution in [0.15, 0.2) is 17.5 Å². The fourth-order valence-electron chi connectivity index (χ4n) is 0.465. The van der Waals surface area contributed by atoms with E-state index in [4.69, 9.17) is 5.11 Å². The molecule has 0 bridgehead atoms. The molecule has 0 radical (unpaired) electrons. The molecule has 0 aliphatic heterocycles. The van der Waals surface area contributed by atoms with E-state index >= 15 is 0 Å². The summed E-state index contributed by atoms with van der Waals surface area (Å²) < 4.78 is 0. The Morgan fingerprint density at radius 3 is 3.00 bits per heavy atom. The van der Waals surface area contributed by atoms with Crippen molar-refractivity contribution in [2.24, 2.45) is 0 Å². The Kier molecular flexibility index (Phi) is 2.11. The smallest absolute Gasteiger partial charge is 0.423 e. The van der Waals surface area contributed by atoms with Gasteiger partial charge < -0.3 is 5.11 Å². The number of hydrogen-bond acceptors (Lipinski definition) is 3. The van der Waals surface area contributed by atoms with Crippen molar-refractivity contribution in [2.45, 2.75) is 0 Å². The summed E-state index contributed by atoms with van der Waals surface area (Å²) in [5, 5.41) is 10.8. The van der Waals surface area contributed by atoms with E-state index in [1.54, 1.807) is 6.07 Å². The highest BCUT2D eigenvalue weighted by Gasteiger charge is 1.92. The van der Waals surface area contributed by atoms with Crippen LogP contribution in [0.4, 0.5) is 9.80 Å². The number of hydrazine groups is 1. The van der Waals surface area contributed by atoms with Gasteiger partial charge in [-0.25, -0.2) is 10.2 Å². The molecule has 3 N–H and O–H groups in total. The third-order valence-corrected chi connectivity index (χ3v) is 1.60. The first-order valence-electron chi connectivity index (χ1n) is 2.57. The minimum absolute atomic E-state index is 0.780. The summed E-state index contributed by atoms with van der Waals surface area (Å²) >= 11 is 1.43. The van der Waals surface area contributed by atoms with Gasteiger partial charge in [-0.1, -0.05) is 0 Å². The van der Waals surface area contributed by atoms with Gasteiger partial charge in [0.15, 0.2) is 0 Å². The highest BCUT2D eigenvalue weighted by molar-refractivity contribution is 7.14. The van der Waals surface area contributed by atoms with Gasteiger partial charge in [0, 0.05) is 0 Å². The highest BCUT2D eigenvalue weighted by atomic mass is 32.1. The van der Waals surface area contributed by atoms with Crippen molar-refractivity contribution in [3.05, 3.63) is 17.5 Å². The van der Waals surface area contributed by atoms with E-state index in [0.717, 1.165) is 5.00 Å². The number of hydrogen-bond donors (Lipinski definition) is 3. The van der Waals surface area contributed by atoms with Crippen LogP contribution in [0, 0.1) is 0 Å². The fourth-order valence-corrected chi connectivity index (χ4v) is 1.04. The molecule has 1 aromatic heterocycles. The molecule has 4 nitrogen and oxygen atoms in total. The second-order valence-corrected chi connectivity index (χ2v) is 2.48. The molecule has 5 heteroatoms. The molecular weight excluding hydrogens is 152 g/mol. The van der Waals surface area contributed by atoms with E-state index in [9.17, 15) is 4.79 Å². The molecule has 0 aliphatic carbocycles. The van der Waals surface area contributed by atoms with E-state index < -0.39 is 6.09 Å². The van der Waals surface area contributed by atoms with Crippen molar-refractivity contribution in [3.8, 4) is 0 Å². The second-order valence-electron chi connectivity index (χ2n) is 1.53. The summed E-state index contributed by atoms with van der Waals surface area (Å²) in [4.78, 5) is 9.93. The molecule has 54 valence electrons. The van der Waals surface area contributed by atoms with Crippen LogP contribution in [0.2, 0.25) is 0 Å². The average molecular weight is 158 g/mol. The van der Waals surface area contributed by atoms with Gasteiger partial charge in [-0.2, -0.15) is 0 Å². The first-order valence-corrected chi connectivity index (χ1v) is 3.45. The van der Waals surface area contributed by atoms with Crippen LogP contribution in [0.5, 0.6) is 0 Å². The average Bonchev–Trinajstić information content (AvgIpc) is 2.34. The van der Waals surface area contributed by atoms with Crippen LogP contribution >= 0.6 is 11.3 Å². The minimum atomic E-state index is -1.09. The lowest BCUT2D eigenvalue weighted by Crippen LogP contribution is -2.26. The van der Waals surface area contributed by atoms with Gasteiger partial charge in [0.2, 0.25) is 0 Å². The highest BCUT2D eigenvalue weighted by Crippen LogP contribution is 2.12. The standard InChI is InChI=1S/C5H6N2O2S/c8-5(9)7-6-4-2-1-3-10-4/h1-3,6-7H,(H,8,9). The van der Waals surface area contributed by atoms with Gasteiger partial charge in [-0.05, 0) is 17.5 Å². The van der Waals surface area contributed by atoms with Gasteiger partial charge >= 0.3 is 6.09 Å². The molecule has 1 rings (SSSR count). The summed E-state index contributed by atoms with van der Waals surface area (Å²) in [6.07, 6.45) is -1.09. The zero-order chi connectivity index (χ0) is 7.40. The van der Waals surface area contributed by atoms with Gasteiger partial charge in [-0.3, -0.25) is 5.43 Å². The topological polar surface area (TPSA) is 61.4 Å². The third kappa shape index (κ3) is 1.94. The first kappa shape index (κ1) is 6.88.